The zero-order valence-corrected chi connectivity index (χ0v) is 11.6. The minimum absolute atomic E-state index is 0.167. The molecule has 2 aromatic heterocycles. The van der Waals surface area contributed by atoms with E-state index in [0.29, 0.717) is 9.50 Å². The second kappa shape index (κ2) is 5.32. The highest BCUT2D eigenvalue weighted by atomic mass is 32.2. The normalized spacial score (nSPS) is 10.4. The first kappa shape index (κ1) is 13.4. The average Bonchev–Trinajstić information content (AvgIpc) is 2.77. The number of nitrogens with zero attached hydrogens (tertiary/aromatic N) is 6. The molecule has 0 bridgehead atoms. The molecule has 0 amide bonds. The summed E-state index contributed by atoms with van der Waals surface area (Å²) >= 11 is 2.52. The first-order chi connectivity index (χ1) is 8.97. The summed E-state index contributed by atoms with van der Waals surface area (Å²) in [6.07, 6.45) is 1.08. The Morgan fingerprint density at radius 1 is 1.47 bits per heavy atom. The van der Waals surface area contributed by atoms with Crippen LogP contribution in [0, 0.1) is 10.1 Å². The Morgan fingerprint density at radius 3 is 2.74 bits per heavy atom. The van der Waals surface area contributed by atoms with Crippen molar-refractivity contribution in [2.24, 2.45) is 0 Å². The quantitative estimate of drug-likeness (QED) is 0.500. The van der Waals surface area contributed by atoms with Crippen molar-refractivity contribution in [1.29, 1.82) is 0 Å². The SMILES string of the molecule is CN(C)c1nnc(Sc2ncc([N+](=O)[O-])c(N)n2)s1. The number of nitro groups is 1. The molecule has 2 N–H and O–H groups in total. The van der Waals surface area contributed by atoms with Gasteiger partial charge in [-0.1, -0.05) is 11.3 Å². The van der Waals surface area contributed by atoms with E-state index in [4.69, 9.17) is 5.73 Å². The summed E-state index contributed by atoms with van der Waals surface area (Å²) < 4.78 is 0.636. The van der Waals surface area contributed by atoms with Crippen LogP contribution in [0.25, 0.3) is 0 Å². The molecule has 19 heavy (non-hydrogen) atoms. The van der Waals surface area contributed by atoms with Crippen LogP contribution in [0.5, 0.6) is 0 Å². The molecule has 2 rings (SSSR count). The fraction of sp³-hybridized carbons (Fsp3) is 0.250. The van der Waals surface area contributed by atoms with Gasteiger partial charge in [0, 0.05) is 14.1 Å². The zero-order valence-electron chi connectivity index (χ0n) is 9.97. The van der Waals surface area contributed by atoms with Gasteiger partial charge in [-0.25, -0.2) is 4.98 Å². The summed E-state index contributed by atoms with van der Waals surface area (Å²) in [4.78, 5) is 19.5. The highest BCUT2D eigenvalue weighted by molar-refractivity contribution is 8.00. The molecular weight excluding hydrogens is 290 g/mol. The maximum absolute atomic E-state index is 10.6. The minimum Gasteiger partial charge on any atom is -0.378 e. The van der Waals surface area contributed by atoms with E-state index in [0.717, 1.165) is 23.1 Å². The maximum atomic E-state index is 10.6. The van der Waals surface area contributed by atoms with E-state index >= 15 is 0 Å². The van der Waals surface area contributed by atoms with Crippen LogP contribution >= 0.6 is 23.1 Å². The van der Waals surface area contributed by atoms with Crippen LogP contribution in [0.2, 0.25) is 0 Å². The van der Waals surface area contributed by atoms with Crippen LogP contribution in [-0.4, -0.2) is 39.2 Å². The number of nitrogen functional groups attached to an aromatic ring is 1. The van der Waals surface area contributed by atoms with Crippen molar-refractivity contribution in [3.05, 3.63) is 16.3 Å². The summed E-state index contributed by atoms with van der Waals surface area (Å²) in [6, 6.07) is 0. The predicted octanol–water partition coefficient (Wildman–Crippen LogP) is 1.04. The topological polar surface area (TPSA) is 124 Å². The van der Waals surface area contributed by atoms with E-state index in [2.05, 4.69) is 20.2 Å². The zero-order chi connectivity index (χ0) is 14.0. The third kappa shape index (κ3) is 3.06. The molecule has 11 heteroatoms. The van der Waals surface area contributed by atoms with Gasteiger partial charge >= 0.3 is 5.69 Å². The van der Waals surface area contributed by atoms with Gasteiger partial charge < -0.3 is 10.6 Å². The molecule has 0 aromatic carbocycles. The van der Waals surface area contributed by atoms with Crippen LogP contribution in [0.15, 0.2) is 15.7 Å². The summed E-state index contributed by atoms with van der Waals surface area (Å²) in [5.41, 5.74) is 5.17. The third-order valence-corrected chi connectivity index (χ3v) is 3.95. The first-order valence-electron chi connectivity index (χ1n) is 4.93. The third-order valence-electron chi connectivity index (χ3n) is 1.93. The average molecular weight is 299 g/mol. The highest BCUT2D eigenvalue weighted by Gasteiger charge is 2.16. The molecule has 0 saturated heterocycles. The molecular formula is C8H9N7O2S2. The number of hydrogen-bond donors (Lipinski definition) is 1. The number of rotatable bonds is 4. The molecule has 2 aromatic rings. The van der Waals surface area contributed by atoms with Crippen LogP contribution in [0.3, 0.4) is 0 Å². The van der Waals surface area contributed by atoms with Gasteiger partial charge in [0.15, 0.2) is 9.50 Å². The molecule has 9 nitrogen and oxygen atoms in total. The fourth-order valence-corrected chi connectivity index (χ4v) is 2.67. The Morgan fingerprint density at radius 2 is 2.21 bits per heavy atom. The minimum atomic E-state index is -0.626. The Labute approximate surface area is 116 Å². The summed E-state index contributed by atoms with van der Waals surface area (Å²) in [5, 5.41) is 19.5. The lowest BCUT2D eigenvalue weighted by atomic mass is 10.5. The number of hydrogen-bond acceptors (Lipinski definition) is 10. The van der Waals surface area contributed by atoms with Crippen molar-refractivity contribution in [2.75, 3.05) is 24.7 Å². The van der Waals surface area contributed by atoms with Crippen LogP contribution in [-0.2, 0) is 0 Å². The monoisotopic (exact) mass is 299 g/mol. The second-order valence-electron chi connectivity index (χ2n) is 3.53. The number of aromatic nitrogens is 4. The van der Waals surface area contributed by atoms with Gasteiger partial charge in [0.05, 0.1) is 4.92 Å². The summed E-state index contributed by atoms with van der Waals surface area (Å²) in [6.45, 7) is 0. The van der Waals surface area contributed by atoms with Gasteiger partial charge in [-0.2, -0.15) is 4.98 Å². The van der Waals surface area contributed by atoms with Crippen molar-refractivity contribution in [3.8, 4) is 0 Å². The van der Waals surface area contributed by atoms with E-state index in [1.54, 1.807) is 0 Å². The largest absolute Gasteiger partial charge is 0.378 e. The van der Waals surface area contributed by atoms with Crippen molar-refractivity contribution in [2.45, 2.75) is 9.50 Å². The van der Waals surface area contributed by atoms with Crippen LogP contribution in [0.1, 0.15) is 0 Å². The Kier molecular flexibility index (Phi) is 3.76. The van der Waals surface area contributed by atoms with Gasteiger partial charge in [-0.3, -0.25) is 10.1 Å². The van der Waals surface area contributed by atoms with Gasteiger partial charge in [0.1, 0.15) is 6.20 Å². The van der Waals surface area contributed by atoms with E-state index < -0.39 is 4.92 Å². The van der Waals surface area contributed by atoms with E-state index in [1.165, 1.54) is 11.3 Å². The van der Waals surface area contributed by atoms with Gasteiger partial charge in [0.2, 0.25) is 10.9 Å². The first-order valence-corrected chi connectivity index (χ1v) is 6.56. The highest BCUT2D eigenvalue weighted by Crippen LogP contribution is 2.31. The van der Waals surface area contributed by atoms with E-state index in [1.807, 2.05) is 19.0 Å². The van der Waals surface area contributed by atoms with Crippen LogP contribution in [0.4, 0.5) is 16.6 Å². The molecule has 0 fully saturated rings. The molecule has 0 spiro atoms. The van der Waals surface area contributed by atoms with Crippen LogP contribution < -0.4 is 10.6 Å². The fourth-order valence-electron chi connectivity index (χ4n) is 1.06. The Bertz CT molecular complexity index is 615. The molecule has 0 unspecified atom stereocenters. The van der Waals surface area contributed by atoms with Gasteiger partial charge in [-0.15, -0.1) is 10.2 Å². The van der Waals surface area contributed by atoms with E-state index in [9.17, 15) is 10.1 Å². The predicted molar refractivity (Wildman–Crippen MR) is 71.5 cm³/mol. The second-order valence-corrected chi connectivity index (χ2v) is 5.70. The summed E-state index contributed by atoms with van der Waals surface area (Å²) in [5.74, 6) is -0.167. The van der Waals surface area contributed by atoms with Gasteiger partial charge in [0.25, 0.3) is 0 Å². The molecule has 0 radical (unpaired) electrons. The lowest BCUT2D eigenvalue weighted by molar-refractivity contribution is -0.384. The van der Waals surface area contributed by atoms with Crippen molar-refractivity contribution in [1.82, 2.24) is 20.2 Å². The molecule has 2 heterocycles. The Balaban J connectivity index is 2.19. The van der Waals surface area contributed by atoms with Gasteiger partial charge in [-0.05, 0) is 11.8 Å². The lowest BCUT2D eigenvalue weighted by Crippen LogP contribution is -2.07. The molecule has 0 atom stereocenters. The Hall–Kier alpha value is -2.01. The summed E-state index contributed by atoms with van der Waals surface area (Å²) in [7, 11) is 3.71. The molecule has 0 saturated carbocycles. The molecule has 0 aliphatic rings. The van der Waals surface area contributed by atoms with Crippen molar-refractivity contribution >= 4 is 39.7 Å². The van der Waals surface area contributed by atoms with Crippen molar-refractivity contribution in [3.63, 3.8) is 0 Å². The van der Waals surface area contributed by atoms with Crippen molar-refractivity contribution < 1.29 is 4.92 Å². The number of anilines is 2. The standard InChI is InChI=1S/C8H9N7O2S2/c1-14(2)7-12-13-8(19-7)18-6-10-3-4(15(16)17)5(9)11-6/h3H,1-2H3,(H2,9,10,11). The molecule has 100 valence electrons. The number of nitrogens with two attached hydrogens (primary N) is 1. The maximum Gasteiger partial charge on any atom is 0.329 e. The molecule has 0 aliphatic heterocycles. The lowest BCUT2D eigenvalue weighted by Gasteiger charge is -2.03. The molecule has 0 aliphatic carbocycles. The van der Waals surface area contributed by atoms with E-state index in [-0.39, 0.29) is 11.5 Å². The smallest absolute Gasteiger partial charge is 0.329 e.